The van der Waals surface area contributed by atoms with Crippen molar-refractivity contribution in [2.45, 2.75) is 9.79 Å². The Bertz CT molecular complexity index is 961. The number of sulfonamides is 1. The second-order valence-corrected chi connectivity index (χ2v) is 9.14. The number of thioether (sulfide) groups is 1. The van der Waals surface area contributed by atoms with Crippen LogP contribution >= 0.6 is 11.8 Å². The molecular weight excluding hydrogens is 414 g/mol. The molecule has 2 N–H and O–H groups in total. The number of hydrogen-bond acceptors (Lipinski definition) is 6. The molecule has 1 aliphatic rings. The van der Waals surface area contributed by atoms with Crippen LogP contribution in [0.3, 0.4) is 0 Å². The second kappa shape index (κ2) is 9.88. The molecule has 1 heterocycles. The molecule has 1 saturated heterocycles. The molecule has 2 aromatic rings. The van der Waals surface area contributed by atoms with Crippen LogP contribution in [0, 0.1) is 0 Å². The highest BCUT2D eigenvalue weighted by Gasteiger charge is 2.26. The molecule has 0 atom stereocenters. The Hall–Kier alpha value is -2.40. The summed E-state index contributed by atoms with van der Waals surface area (Å²) in [5, 5.41) is 0. The molecule has 1 aliphatic heterocycles. The summed E-state index contributed by atoms with van der Waals surface area (Å²) >= 11 is 1.34. The van der Waals surface area contributed by atoms with Gasteiger partial charge in [-0.3, -0.25) is 20.4 Å². The molecule has 0 saturated carbocycles. The van der Waals surface area contributed by atoms with Crippen molar-refractivity contribution in [3.63, 3.8) is 0 Å². The summed E-state index contributed by atoms with van der Waals surface area (Å²) in [5.74, 6) is -0.832. The Morgan fingerprint density at radius 1 is 1.00 bits per heavy atom. The molecule has 8 nitrogen and oxygen atoms in total. The zero-order valence-electron chi connectivity index (χ0n) is 15.5. The predicted octanol–water partition coefficient (Wildman–Crippen LogP) is 1.26. The van der Waals surface area contributed by atoms with E-state index in [1.165, 1.54) is 40.3 Å². The van der Waals surface area contributed by atoms with Crippen LogP contribution in [0.15, 0.2) is 64.4 Å². The van der Waals surface area contributed by atoms with E-state index >= 15 is 0 Å². The first-order valence-electron chi connectivity index (χ1n) is 8.92. The molecule has 0 aromatic heterocycles. The van der Waals surface area contributed by atoms with Gasteiger partial charge in [-0.1, -0.05) is 24.3 Å². The van der Waals surface area contributed by atoms with Gasteiger partial charge in [-0.05, 0) is 30.3 Å². The first kappa shape index (κ1) is 21.3. The molecule has 0 aliphatic carbocycles. The van der Waals surface area contributed by atoms with Gasteiger partial charge in [0.2, 0.25) is 15.9 Å². The number of rotatable bonds is 6. The number of amides is 2. The van der Waals surface area contributed by atoms with E-state index in [9.17, 15) is 18.0 Å². The predicted molar refractivity (Wildman–Crippen MR) is 109 cm³/mol. The fraction of sp³-hybridized carbons (Fsp3) is 0.263. The zero-order valence-corrected chi connectivity index (χ0v) is 17.2. The van der Waals surface area contributed by atoms with Crippen LogP contribution in [0.5, 0.6) is 0 Å². The van der Waals surface area contributed by atoms with Crippen molar-refractivity contribution in [3.8, 4) is 0 Å². The largest absolute Gasteiger partial charge is 0.379 e. The topological polar surface area (TPSA) is 105 Å². The number of nitrogens with one attached hydrogen (secondary N) is 2. The third-order valence-electron chi connectivity index (χ3n) is 4.13. The zero-order chi connectivity index (χ0) is 20.7. The Labute approximate surface area is 173 Å². The lowest BCUT2D eigenvalue weighted by molar-refractivity contribution is -0.119. The Balaban J connectivity index is 1.57. The van der Waals surface area contributed by atoms with Crippen LogP contribution in [0.1, 0.15) is 10.4 Å². The van der Waals surface area contributed by atoms with Gasteiger partial charge in [0.1, 0.15) is 0 Å². The van der Waals surface area contributed by atoms with Crippen LogP contribution in [0.2, 0.25) is 0 Å². The van der Waals surface area contributed by atoms with Gasteiger partial charge in [0.15, 0.2) is 0 Å². The maximum atomic E-state index is 12.7. The van der Waals surface area contributed by atoms with Crippen LogP contribution < -0.4 is 10.9 Å². The van der Waals surface area contributed by atoms with Gasteiger partial charge in [0, 0.05) is 23.5 Å². The molecule has 154 valence electrons. The van der Waals surface area contributed by atoms with E-state index in [1.54, 1.807) is 0 Å². The van der Waals surface area contributed by atoms with Crippen LogP contribution in [0.25, 0.3) is 0 Å². The van der Waals surface area contributed by atoms with Crippen molar-refractivity contribution < 1.29 is 22.7 Å². The minimum absolute atomic E-state index is 0.0259. The first-order chi connectivity index (χ1) is 14.0. The highest BCUT2D eigenvalue weighted by Crippen LogP contribution is 2.18. The van der Waals surface area contributed by atoms with Gasteiger partial charge in [-0.25, -0.2) is 8.42 Å². The third kappa shape index (κ3) is 5.80. The fourth-order valence-corrected chi connectivity index (χ4v) is 4.81. The van der Waals surface area contributed by atoms with Crippen molar-refractivity contribution in [3.05, 3.63) is 60.2 Å². The average Bonchev–Trinajstić information content (AvgIpc) is 2.77. The van der Waals surface area contributed by atoms with E-state index in [0.717, 1.165) is 4.90 Å². The smallest absolute Gasteiger partial charge is 0.269 e. The van der Waals surface area contributed by atoms with Crippen molar-refractivity contribution in [1.29, 1.82) is 0 Å². The summed E-state index contributed by atoms with van der Waals surface area (Å²) < 4.78 is 31.9. The van der Waals surface area contributed by atoms with E-state index in [-0.39, 0.29) is 35.2 Å². The van der Waals surface area contributed by atoms with Gasteiger partial charge in [-0.15, -0.1) is 11.8 Å². The summed E-state index contributed by atoms with van der Waals surface area (Å²) in [6.45, 7) is 1.22. The van der Waals surface area contributed by atoms with Crippen molar-refractivity contribution in [2.75, 3.05) is 32.1 Å². The number of nitrogens with zero attached hydrogens (tertiary/aromatic N) is 1. The Kier molecular flexibility index (Phi) is 7.26. The SMILES string of the molecule is O=C(CSc1ccccc1)NNC(=O)c1cccc(S(=O)(=O)N2CCOCC2)c1. The summed E-state index contributed by atoms with van der Waals surface area (Å²) in [7, 11) is -3.71. The molecule has 0 spiro atoms. The molecule has 1 fully saturated rings. The lowest BCUT2D eigenvalue weighted by Gasteiger charge is -2.26. The lowest BCUT2D eigenvalue weighted by atomic mass is 10.2. The summed E-state index contributed by atoms with van der Waals surface area (Å²) in [5.41, 5.74) is 4.78. The lowest BCUT2D eigenvalue weighted by Crippen LogP contribution is -2.42. The van der Waals surface area contributed by atoms with E-state index in [0.29, 0.717) is 13.2 Å². The normalized spacial score (nSPS) is 14.9. The van der Waals surface area contributed by atoms with E-state index < -0.39 is 15.9 Å². The summed E-state index contributed by atoms with van der Waals surface area (Å²) in [4.78, 5) is 25.2. The quantitative estimate of drug-likeness (QED) is 0.523. The fourth-order valence-electron chi connectivity index (χ4n) is 2.63. The Morgan fingerprint density at radius 3 is 2.45 bits per heavy atom. The van der Waals surface area contributed by atoms with Crippen LogP contribution in [0.4, 0.5) is 0 Å². The molecule has 2 aromatic carbocycles. The summed E-state index contributed by atoms with van der Waals surface area (Å²) in [6, 6.07) is 15.1. The van der Waals surface area contributed by atoms with E-state index in [4.69, 9.17) is 4.74 Å². The maximum Gasteiger partial charge on any atom is 0.269 e. The number of carbonyl (C=O) groups is 2. The molecule has 0 radical (unpaired) electrons. The second-order valence-electron chi connectivity index (χ2n) is 6.15. The van der Waals surface area contributed by atoms with Gasteiger partial charge in [0.25, 0.3) is 5.91 Å². The molecule has 10 heteroatoms. The number of hydrazine groups is 1. The monoisotopic (exact) mass is 435 g/mol. The number of benzene rings is 2. The van der Waals surface area contributed by atoms with E-state index in [2.05, 4.69) is 10.9 Å². The van der Waals surface area contributed by atoms with Crippen molar-refractivity contribution >= 4 is 33.6 Å². The van der Waals surface area contributed by atoms with Gasteiger partial charge < -0.3 is 4.74 Å². The van der Waals surface area contributed by atoms with Crippen molar-refractivity contribution in [1.82, 2.24) is 15.2 Å². The van der Waals surface area contributed by atoms with Gasteiger partial charge in [-0.2, -0.15) is 4.31 Å². The average molecular weight is 436 g/mol. The van der Waals surface area contributed by atoms with E-state index in [1.807, 2.05) is 30.3 Å². The highest BCUT2D eigenvalue weighted by atomic mass is 32.2. The van der Waals surface area contributed by atoms with Crippen LogP contribution in [-0.4, -0.2) is 56.6 Å². The minimum Gasteiger partial charge on any atom is -0.379 e. The molecule has 0 unspecified atom stereocenters. The third-order valence-corrected chi connectivity index (χ3v) is 7.04. The maximum absolute atomic E-state index is 12.7. The summed E-state index contributed by atoms with van der Waals surface area (Å²) in [6.07, 6.45) is 0. The highest BCUT2D eigenvalue weighted by molar-refractivity contribution is 8.00. The number of carbonyl (C=O) groups excluding carboxylic acids is 2. The first-order valence-corrected chi connectivity index (χ1v) is 11.3. The van der Waals surface area contributed by atoms with Gasteiger partial charge >= 0.3 is 0 Å². The molecule has 3 rings (SSSR count). The van der Waals surface area contributed by atoms with Crippen molar-refractivity contribution in [2.24, 2.45) is 0 Å². The molecular formula is C19H21N3O5S2. The van der Waals surface area contributed by atoms with Gasteiger partial charge in [0.05, 0.1) is 23.9 Å². The molecule has 0 bridgehead atoms. The number of hydrogen-bond donors (Lipinski definition) is 2. The number of morpholine rings is 1. The Morgan fingerprint density at radius 2 is 1.72 bits per heavy atom. The standard InChI is InChI=1S/C19H21N3O5S2/c23-18(14-28-16-6-2-1-3-7-16)20-21-19(24)15-5-4-8-17(13-15)29(25,26)22-9-11-27-12-10-22/h1-8,13H,9-12,14H2,(H,20,23)(H,21,24). The number of ether oxygens (including phenoxy) is 1. The molecule has 29 heavy (non-hydrogen) atoms. The molecule has 2 amide bonds. The minimum atomic E-state index is -3.71. The van der Waals surface area contributed by atoms with Crippen LogP contribution in [-0.2, 0) is 19.6 Å².